The fraction of sp³-hybridized carbons (Fsp3) is 1.00. The van der Waals surface area contributed by atoms with Crippen molar-refractivity contribution in [1.82, 2.24) is 4.90 Å². The third-order valence-electron chi connectivity index (χ3n) is 4.27. The molecule has 2 saturated heterocycles. The normalized spacial score (nSPS) is 31.0. The molecule has 0 aliphatic carbocycles. The minimum atomic E-state index is 0.0640. The van der Waals surface area contributed by atoms with E-state index in [0.29, 0.717) is 12.0 Å². The average molecular weight is 255 g/mol. The van der Waals surface area contributed by atoms with Gasteiger partial charge in [-0.1, -0.05) is 26.7 Å². The van der Waals surface area contributed by atoms with E-state index in [2.05, 4.69) is 18.7 Å². The Balaban J connectivity index is 1.72. The predicted molar refractivity (Wildman–Crippen MR) is 73.6 cm³/mol. The quantitative estimate of drug-likeness (QED) is 0.698. The highest BCUT2D eigenvalue weighted by atomic mass is 16.7. The summed E-state index contributed by atoms with van der Waals surface area (Å²) >= 11 is 0. The Hall–Kier alpha value is -0.120. The van der Waals surface area contributed by atoms with Crippen LogP contribution < -0.4 is 0 Å². The van der Waals surface area contributed by atoms with Crippen LogP contribution in [0, 0.1) is 5.92 Å². The van der Waals surface area contributed by atoms with E-state index in [1.807, 2.05) is 0 Å². The number of nitrogens with zero attached hydrogens (tertiary/aromatic N) is 1. The lowest BCUT2D eigenvalue weighted by atomic mass is 9.99. The van der Waals surface area contributed by atoms with Crippen molar-refractivity contribution in [2.75, 3.05) is 26.2 Å². The van der Waals surface area contributed by atoms with Crippen LogP contribution in [0.25, 0.3) is 0 Å². The SMILES string of the molecule is CCCC[C@@H](CC)[C@@H]1OC[C@H](CN2CCCC2)O1. The largest absolute Gasteiger partial charge is 0.350 e. The summed E-state index contributed by atoms with van der Waals surface area (Å²) in [6.07, 6.45) is 8.04. The first-order valence-corrected chi connectivity index (χ1v) is 7.83. The summed E-state index contributed by atoms with van der Waals surface area (Å²) < 4.78 is 12.0. The van der Waals surface area contributed by atoms with Crippen molar-refractivity contribution >= 4 is 0 Å². The molecule has 3 atom stereocenters. The molecule has 0 radical (unpaired) electrons. The van der Waals surface area contributed by atoms with E-state index < -0.39 is 0 Å². The van der Waals surface area contributed by atoms with Gasteiger partial charge in [-0.15, -0.1) is 0 Å². The molecule has 0 aromatic carbocycles. The average Bonchev–Trinajstić information content (AvgIpc) is 3.03. The Labute approximate surface area is 112 Å². The summed E-state index contributed by atoms with van der Waals surface area (Å²) in [5.74, 6) is 0.591. The first-order chi connectivity index (χ1) is 8.83. The fourth-order valence-electron chi connectivity index (χ4n) is 3.07. The maximum atomic E-state index is 6.11. The summed E-state index contributed by atoms with van der Waals surface area (Å²) in [5.41, 5.74) is 0. The second kappa shape index (κ2) is 7.46. The van der Waals surface area contributed by atoms with Gasteiger partial charge in [-0.3, -0.25) is 0 Å². The van der Waals surface area contributed by atoms with Crippen molar-refractivity contribution in [3.05, 3.63) is 0 Å². The van der Waals surface area contributed by atoms with Crippen LogP contribution in [0.15, 0.2) is 0 Å². The maximum absolute atomic E-state index is 6.11. The summed E-state index contributed by atoms with van der Waals surface area (Å²) in [6, 6.07) is 0. The van der Waals surface area contributed by atoms with E-state index in [-0.39, 0.29) is 6.29 Å². The van der Waals surface area contributed by atoms with Crippen LogP contribution in [0.4, 0.5) is 0 Å². The van der Waals surface area contributed by atoms with Crippen LogP contribution in [0.3, 0.4) is 0 Å². The van der Waals surface area contributed by atoms with Gasteiger partial charge in [0.1, 0.15) is 0 Å². The van der Waals surface area contributed by atoms with Crippen LogP contribution in [-0.4, -0.2) is 43.5 Å². The Bertz CT molecular complexity index is 229. The molecule has 0 saturated carbocycles. The topological polar surface area (TPSA) is 21.7 Å². The number of ether oxygens (including phenoxy) is 2. The molecule has 0 amide bonds. The highest BCUT2D eigenvalue weighted by Gasteiger charge is 2.32. The van der Waals surface area contributed by atoms with E-state index in [1.165, 1.54) is 51.6 Å². The van der Waals surface area contributed by atoms with Gasteiger partial charge >= 0.3 is 0 Å². The molecule has 0 unspecified atom stereocenters. The molecular formula is C15H29NO2. The van der Waals surface area contributed by atoms with Crippen LogP contribution in [0.2, 0.25) is 0 Å². The maximum Gasteiger partial charge on any atom is 0.161 e. The molecule has 0 N–H and O–H groups in total. The van der Waals surface area contributed by atoms with Crippen LogP contribution in [0.1, 0.15) is 52.4 Å². The second-order valence-electron chi connectivity index (χ2n) is 5.78. The van der Waals surface area contributed by atoms with Gasteiger partial charge in [-0.2, -0.15) is 0 Å². The zero-order chi connectivity index (χ0) is 12.8. The van der Waals surface area contributed by atoms with Crippen molar-refractivity contribution in [3.8, 4) is 0 Å². The molecule has 3 heteroatoms. The molecular weight excluding hydrogens is 226 g/mol. The lowest BCUT2D eigenvalue weighted by Gasteiger charge is -2.22. The molecule has 2 rings (SSSR count). The Morgan fingerprint density at radius 3 is 2.67 bits per heavy atom. The molecule has 2 aliphatic rings. The van der Waals surface area contributed by atoms with E-state index in [9.17, 15) is 0 Å². The van der Waals surface area contributed by atoms with Crippen LogP contribution in [0.5, 0.6) is 0 Å². The monoisotopic (exact) mass is 255 g/mol. The molecule has 0 bridgehead atoms. The first kappa shape index (κ1) is 14.3. The van der Waals surface area contributed by atoms with Gasteiger partial charge in [0.05, 0.1) is 12.7 Å². The molecule has 0 aromatic heterocycles. The fourth-order valence-corrected chi connectivity index (χ4v) is 3.07. The third kappa shape index (κ3) is 3.94. The first-order valence-electron chi connectivity index (χ1n) is 7.83. The van der Waals surface area contributed by atoms with E-state index in [4.69, 9.17) is 9.47 Å². The lowest BCUT2D eigenvalue weighted by Crippen LogP contribution is -2.32. The molecule has 106 valence electrons. The number of unbranched alkanes of at least 4 members (excludes halogenated alkanes) is 1. The number of hydrogen-bond acceptors (Lipinski definition) is 3. The number of rotatable bonds is 7. The van der Waals surface area contributed by atoms with Gasteiger partial charge in [-0.05, 0) is 38.8 Å². The molecule has 2 heterocycles. The minimum Gasteiger partial charge on any atom is -0.350 e. The van der Waals surface area contributed by atoms with Gasteiger partial charge in [0, 0.05) is 12.5 Å². The van der Waals surface area contributed by atoms with Gasteiger partial charge in [0.15, 0.2) is 6.29 Å². The summed E-state index contributed by atoms with van der Waals surface area (Å²) in [7, 11) is 0. The Kier molecular flexibility index (Phi) is 5.93. The highest BCUT2D eigenvalue weighted by Crippen LogP contribution is 2.26. The van der Waals surface area contributed by atoms with E-state index in [1.54, 1.807) is 0 Å². The molecule has 18 heavy (non-hydrogen) atoms. The third-order valence-corrected chi connectivity index (χ3v) is 4.27. The Morgan fingerprint density at radius 2 is 2.00 bits per heavy atom. The number of hydrogen-bond donors (Lipinski definition) is 0. The van der Waals surface area contributed by atoms with Crippen molar-refractivity contribution in [3.63, 3.8) is 0 Å². The van der Waals surface area contributed by atoms with Crippen molar-refractivity contribution < 1.29 is 9.47 Å². The Morgan fingerprint density at radius 1 is 1.22 bits per heavy atom. The van der Waals surface area contributed by atoms with Crippen molar-refractivity contribution in [2.24, 2.45) is 5.92 Å². The molecule has 2 fully saturated rings. The molecule has 0 spiro atoms. The highest BCUT2D eigenvalue weighted by molar-refractivity contribution is 4.76. The van der Waals surface area contributed by atoms with E-state index >= 15 is 0 Å². The van der Waals surface area contributed by atoms with Gasteiger partial charge in [0.25, 0.3) is 0 Å². The standard InChI is InChI=1S/C15H29NO2/c1-3-5-8-13(4-2)15-17-12-14(18-15)11-16-9-6-7-10-16/h13-15H,3-12H2,1-2H3/t13-,14+,15-/m1/s1. The molecule has 0 aromatic rings. The van der Waals surface area contributed by atoms with Crippen molar-refractivity contribution in [2.45, 2.75) is 64.8 Å². The zero-order valence-electron chi connectivity index (χ0n) is 12.1. The number of likely N-dealkylation sites (tertiary alicyclic amines) is 1. The van der Waals surface area contributed by atoms with Crippen molar-refractivity contribution in [1.29, 1.82) is 0 Å². The lowest BCUT2D eigenvalue weighted by molar-refractivity contribution is -0.102. The zero-order valence-corrected chi connectivity index (χ0v) is 12.1. The summed E-state index contributed by atoms with van der Waals surface area (Å²) in [4.78, 5) is 2.52. The van der Waals surface area contributed by atoms with E-state index in [0.717, 1.165) is 13.2 Å². The predicted octanol–water partition coefficient (Wildman–Crippen LogP) is 3.04. The van der Waals surface area contributed by atoms with Gasteiger partial charge < -0.3 is 14.4 Å². The molecule has 3 nitrogen and oxygen atoms in total. The van der Waals surface area contributed by atoms with Gasteiger partial charge in [0.2, 0.25) is 0 Å². The van der Waals surface area contributed by atoms with Crippen LogP contribution >= 0.6 is 0 Å². The van der Waals surface area contributed by atoms with Gasteiger partial charge in [-0.25, -0.2) is 0 Å². The summed E-state index contributed by atoms with van der Waals surface area (Å²) in [6.45, 7) is 8.86. The second-order valence-corrected chi connectivity index (χ2v) is 5.78. The smallest absolute Gasteiger partial charge is 0.161 e. The minimum absolute atomic E-state index is 0.0640. The van der Waals surface area contributed by atoms with Crippen LogP contribution in [-0.2, 0) is 9.47 Å². The summed E-state index contributed by atoms with van der Waals surface area (Å²) in [5, 5.41) is 0. The molecule has 2 aliphatic heterocycles.